The van der Waals surface area contributed by atoms with Crippen molar-refractivity contribution in [1.29, 1.82) is 0 Å². The standard InChI is InChI=1S/C28H28N2O2/c1-2-27(31)29-20-15-16-25-24(17-20)21-12-8-13-22(21)28(30-25)23-11-6-7-14-26(23)32-18-19-9-4-3-5-10-19/h3-12,14-17,21-22,28,30H,2,13,18H2,1H3,(H,29,31). The van der Waals surface area contributed by atoms with E-state index >= 15 is 0 Å². The summed E-state index contributed by atoms with van der Waals surface area (Å²) in [6.07, 6.45) is 6.09. The molecule has 0 radical (unpaired) electrons. The third-order valence-corrected chi connectivity index (χ3v) is 6.46. The minimum atomic E-state index is 0.0367. The summed E-state index contributed by atoms with van der Waals surface area (Å²) < 4.78 is 6.28. The van der Waals surface area contributed by atoms with Gasteiger partial charge in [0.05, 0.1) is 6.04 Å². The number of rotatable bonds is 6. The maximum Gasteiger partial charge on any atom is 0.224 e. The molecule has 5 rings (SSSR count). The van der Waals surface area contributed by atoms with E-state index < -0.39 is 0 Å². The van der Waals surface area contributed by atoms with Crippen LogP contribution in [0.25, 0.3) is 0 Å². The van der Waals surface area contributed by atoms with Crippen molar-refractivity contribution in [1.82, 2.24) is 0 Å². The summed E-state index contributed by atoms with van der Waals surface area (Å²) >= 11 is 0. The van der Waals surface area contributed by atoms with E-state index in [1.165, 1.54) is 11.1 Å². The Labute approximate surface area is 189 Å². The van der Waals surface area contributed by atoms with Gasteiger partial charge in [-0.15, -0.1) is 0 Å². The van der Waals surface area contributed by atoms with Crippen molar-refractivity contribution in [2.24, 2.45) is 5.92 Å². The Balaban J connectivity index is 1.43. The molecule has 3 aromatic carbocycles. The minimum Gasteiger partial charge on any atom is -0.489 e. The Morgan fingerprint density at radius 2 is 1.84 bits per heavy atom. The lowest BCUT2D eigenvalue weighted by atomic mass is 9.76. The van der Waals surface area contributed by atoms with Gasteiger partial charge in [0.1, 0.15) is 12.4 Å². The van der Waals surface area contributed by atoms with Gasteiger partial charge >= 0.3 is 0 Å². The fourth-order valence-corrected chi connectivity index (χ4v) is 4.83. The van der Waals surface area contributed by atoms with Gasteiger partial charge in [0.2, 0.25) is 5.91 Å². The van der Waals surface area contributed by atoms with Crippen LogP contribution < -0.4 is 15.4 Å². The molecule has 2 N–H and O–H groups in total. The van der Waals surface area contributed by atoms with Crippen LogP contribution in [0.4, 0.5) is 11.4 Å². The number of carbonyl (C=O) groups excluding carboxylic acids is 1. The Kier molecular flexibility index (Phi) is 5.68. The van der Waals surface area contributed by atoms with Gasteiger partial charge in [0.15, 0.2) is 0 Å². The summed E-state index contributed by atoms with van der Waals surface area (Å²) in [5.41, 5.74) is 5.58. The van der Waals surface area contributed by atoms with Crippen LogP contribution in [0, 0.1) is 5.92 Å². The van der Waals surface area contributed by atoms with E-state index in [9.17, 15) is 4.79 Å². The average molecular weight is 425 g/mol. The number of amides is 1. The number of fused-ring (bicyclic) bond motifs is 3. The second-order valence-electron chi connectivity index (χ2n) is 8.49. The van der Waals surface area contributed by atoms with Crippen LogP contribution >= 0.6 is 0 Å². The lowest BCUT2D eigenvalue weighted by Gasteiger charge is -2.38. The molecule has 1 aliphatic heterocycles. The van der Waals surface area contributed by atoms with Gasteiger partial charge in [-0.05, 0) is 47.7 Å². The number of hydrogen-bond donors (Lipinski definition) is 2. The van der Waals surface area contributed by atoms with Crippen LogP contribution in [-0.2, 0) is 11.4 Å². The van der Waals surface area contributed by atoms with E-state index in [0.717, 1.165) is 29.1 Å². The molecule has 1 amide bonds. The first kappa shape index (κ1) is 20.4. The Morgan fingerprint density at radius 1 is 1.03 bits per heavy atom. The molecule has 3 aromatic rings. The van der Waals surface area contributed by atoms with Gasteiger partial charge in [0, 0.05) is 29.3 Å². The summed E-state index contributed by atoms with van der Waals surface area (Å²) in [6, 6.07) is 25.0. The van der Waals surface area contributed by atoms with E-state index in [-0.39, 0.29) is 11.9 Å². The Morgan fingerprint density at radius 3 is 2.69 bits per heavy atom. The summed E-state index contributed by atoms with van der Waals surface area (Å²) in [5, 5.41) is 6.78. The molecule has 0 saturated heterocycles. The number of carbonyl (C=O) groups is 1. The molecule has 0 saturated carbocycles. The van der Waals surface area contributed by atoms with Crippen LogP contribution in [0.3, 0.4) is 0 Å². The molecule has 0 aromatic heterocycles. The van der Waals surface area contributed by atoms with Crippen LogP contribution in [0.5, 0.6) is 5.75 Å². The number of benzene rings is 3. The summed E-state index contributed by atoms with van der Waals surface area (Å²) in [7, 11) is 0. The van der Waals surface area contributed by atoms with E-state index in [4.69, 9.17) is 4.74 Å². The fraction of sp³-hybridized carbons (Fsp3) is 0.250. The normalized spacial score (nSPS) is 20.7. The molecule has 0 spiro atoms. The van der Waals surface area contributed by atoms with Crippen LogP contribution in [0.2, 0.25) is 0 Å². The molecule has 162 valence electrons. The molecule has 0 fully saturated rings. The van der Waals surface area contributed by atoms with Crippen molar-refractivity contribution in [2.45, 2.75) is 38.3 Å². The first-order valence-corrected chi connectivity index (χ1v) is 11.4. The smallest absolute Gasteiger partial charge is 0.224 e. The van der Waals surface area contributed by atoms with Gasteiger partial charge in [-0.2, -0.15) is 0 Å². The van der Waals surface area contributed by atoms with Crippen LogP contribution in [-0.4, -0.2) is 5.91 Å². The van der Waals surface area contributed by atoms with Crippen molar-refractivity contribution in [2.75, 3.05) is 10.6 Å². The zero-order valence-corrected chi connectivity index (χ0v) is 18.3. The number of allylic oxidation sites excluding steroid dienone is 2. The maximum atomic E-state index is 11.9. The van der Waals surface area contributed by atoms with E-state index in [0.29, 0.717) is 24.9 Å². The highest BCUT2D eigenvalue weighted by molar-refractivity contribution is 5.91. The Bertz CT molecular complexity index is 1140. The quantitative estimate of drug-likeness (QED) is 0.448. The second-order valence-corrected chi connectivity index (χ2v) is 8.49. The molecule has 4 nitrogen and oxygen atoms in total. The number of anilines is 2. The molecule has 1 heterocycles. The summed E-state index contributed by atoms with van der Waals surface area (Å²) in [6.45, 7) is 2.42. The van der Waals surface area contributed by atoms with E-state index in [1.807, 2.05) is 37.3 Å². The van der Waals surface area contributed by atoms with Gasteiger partial charge < -0.3 is 15.4 Å². The van der Waals surface area contributed by atoms with E-state index in [2.05, 4.69) is 65.3 Å². The summed E-state index contributed by atoms with van der Waals surface area (Å²) in [4.78, 5) is 11.9. The number of nitrogens with one attached hydrogen (secondary N) is 2. The molecule has 0 bridgehead atoms. The predicted octanol–water partition coefficient (Wildman–Crippen LogP) is 6.44. The molecule has 1 aliphatic carbocycles. The molecule has 32 heavy (non-hydrogen) atoms. The molecule has 3 unspecified atom stereocenters. The predicted molar refractivity (Wildman–Crippen MR) is 129 cm³/mol. The molecule has 2 aliphatic rings. The van der Waals surface area contributed by atoms with Crippen molar-refractivity contribution in [3.8, 4) is 5.75 Å². The van der Waals surface area contributed by atoms with Gasteiger partial charge in [-0.1, -0.05) is 67.6 Å². The van der Waals surface area contributed by atoms with Gasteiger partial charge in [-0.3, -0.25) is 4.79 Å². The number of para-hydroxylation sites is 1. The third kappa shape index (κ3) is 4.01. The minimum absolute atomic E-state index is 0.0367. The lowest BCUT2D eigenvalue weighted by molar-refractivity contribution is -0.115. The monoisotopic (exact) mass is 424 g/mol. The second kappa shape index (κ2) is 8.91. The Hall–Kier alpha value is -3.53. The van der Waals surface area contributed by atoms with Crippen molar-refractivity contribution in [3.05, 3.63) is 102 Å². The highest BCUT2D eigenvalue weighted by Gasteiger charge is 2.39. The largest absolute Gasteiger partial charge is 0.489 e. The van der Waals surface area contributed by atoms with E-state index in [1.54, 1.807) is 0 Å². The molecular formula is C28H28N2O2. The maximum absolute atomic E-state index is 11.9. The highest BCUT2D eigenvalue weighted by Crippen LogP contribution is 2.51. The van der Waals surface area contributed by atoms with Crippen LogP contribution in [0.1, 0.15) is 48.4 Å². The van der Waals surface area contributed by atoms with Crippen LogP contribution in [0.15, 0.2) is 84.9 Å². The van der Waals surface area contributed by atoms with Crippen molar-refractivity contribution in [3.63, 3.8) is 0 Å². The zero-order chi connectivity index (χ0) is 21.9. The van der Waals surface area contributed by atoms with Crippen molar-refractivity contribution < 1.29 is 9.53 Å². The lowest BCUT2D eigenvalue weighted by Crippen LogP contribution is -2.29. The fourth-order valence-electron chi connectivity index (χ4n) is 4.83. The van der Waals surface area contributed by atoms with Gasteiger partial charge in [-0.25, -0.2) is 0 Å². The topological polar surface area (TPSA) is 50.4 Å². The summed E-state index contributed by atoms with van der Waals surface area (Å²) in [5.74, 6) is 1.68. The number of hydrogen-bond acceptors (Lipinski definition) is 3. The highest BCUT2D eigenvalue weighted by atomic mass is 16.5. The average Bonchev–Trinajstić information content (AvgIpc) is 3.34. The first-order valence-electron chi connectivity index (χ1n) is 11.4. The number of ether oxygens (including phenoxy) is 1. The van der Waals surface area contributed by atoms with Gasteiger partial charge in [0.25, 0.3) is 0 Å². The molecular weight excluding hydrogens is 396 g/mol. The van der Waals surface area contributed by atoms with Crippen molar-refractivity contribution >= 4 is 17.3 Å². The third-order valence-electron chi connectivity index (χ3n) is 6.46. The zero-order valence-electron chi connectivity index (χ0n) is 18.3. The molecule has 4 heteroatoms. The first-order chi connectivity index (χ1) is 15.7. The SMILES string of the molecule is CCC(=O)Nc1ccc2c(c1)C1C=CCC1C(c1ccccc1OCc1ccccc1)N2. The molecule has 3 atom stereocenters.